The third kappa shape index (κ3) is 11.8. The van der Waals surface area contributed by atoms with Gasteiger partial charge in [-0.3, -0.25) is 9.59 Å². The predicted octanol–water partition coefficient (Wildman–Crippen LogP) is 6.66. The standard InChI is InChI=1S/C23H21F5N4O4S.C17H18F4N4O2.ClH/c1-36-22-14(13-31(30-22)16-5-9-20(29-12-16)23(26,27)28)2-8-19(33)21-18(25)10-11-32(21)37(34,35)17-6-3-15(24)4-7-17;1-27-16-10(2-4-13(26)15-12(18)6-7-22-15)9-25(24-16)11-3-5-14(23-8-11)17(19,20)21;/h3-7,9,12-13,18,21H,2,8,10-11H2,1H3;3,5,8-9,12,15,22H,2,4,6-7H2,1H3;1H/t18-,21-;12-,15-;/m00./s1. The summed E-state index contributed by atoms with van der Waals surface area (Å²) in [5.74, 6) is -1.20. The van der Waals surface area contributed by atoms with Crippen LogP contribution in [0.25, 0.3) is 11.4 Å². The summed E-state index contributed by atoms with van der Waals surface area (Å²) >= 11 is 0. The van der Waals surface area contributed by atoms with Gasteiger partial charge in [0.1, 0.15) is 35.6 Å². The molecule has 65 heavy (non-hydrogen) atoms. The van der Waals surface area contributed by atoms with Crippen molar-refractivity contribution in [3.05, 3.63) is 102 Å². The highest BCUT2D eigenvalue weighted by Crippen LogP contribution is 2.32. The van der Waals surface area contributed by atoms with E-state index in [2.05, 4.69) is 25.5 Å². The van der Waals surface area contributed by atoms with Crippen LogP contribution in [0.4, 0.5) is 39.5 Å². The van der Waals surface area contributed by atoms with Crippen molar-refractivity contribution in [1.29, 1.82) is 0 Å². The normalized spacial score (nSPS) is 19.0. The first-order valence-electron chi connectivity index (χ1n) is 19.4. The molecule has 14 nitrogen and oxygen atoms in total. The van der Waals surface area contributed by atoms with Crippen LogP contribution >= 0.6 is 12.4 Å². The van der Waals surface area contributed by atoms with Crippen molar-refractivity contribution in [3.8, 4) is 23.1 Å². The summed E-state index contributed by atoms with van der Waals surface area (Å²) in [6.45, 7) is 0.263. The summed E-state index contributed by atoms with van der Waals surface area (Å²) in [5, 5.41) is 11.1. The lowest BCUT2D eigenvalue weighted by atomic mass is 10.0. The number of aromatic nitrogens is 6. The number of nitrogens with zero attached hydrogens (tertiary/aromatic N) is 7. The summed E-state index contributed by atoms with van der Waals surface area (Å²) in [6.07, 6.45) is -6.70. The summed E-state index contributed by atoms with van der Waals surface area (Å²) in [6, 6.07) is 5.76. The summed E-state index contributed by atoms with van der Waals surface area (Å²) in [5.41, 5.74) is -0.545. The Balaban J connectivity index is 0.000000252. The average molecular weight is 967 g/mol. The molecule has 1 aromatic carbocycles. The minimum absolute atomic E-state index is 0. The largest absolute Gasteiger partial charge is 0.480 e. The Labute approximate surface area is 371 Å². The van der Waals surface area contributed by atoms with E-state index in [0.717, 1.165) is 53.1 Å². The zero-order valence-corrected chi connectivity index (χ0v) is 35.8. The van der Waals surface area contributed by atoms with E-state index in [0.29, 0.717) is 29.8 Å². The molecule has 2 aliphatic rings. The lowest BCUT2D eigenvalue weighted by Gasteiger charge is -2.24. The molecule has 4 aromatic heterocycles. The van der Waals surface area contributed by atoms with Crippen molar-refractivity contribution in [1.82, 2.24) is 39.2 Å². The van der Waals surface area contributed by atoms with E-state index in [1.165, 1.54) is 41.9 Å². The quantitative estimate of drug-likeness (QED) is 0.119. The number of carbonyl (C=O) groups excluding carboxylic acids is 2. The minimum Gasteiger partial charge on any atom is -0.480 e. The Morgan fingerprint density at radius 1 is 0.738 bits per heavy atom. The Bertz CT molecular complexity index is 2520. The molecule has 4 atom stereocenters. The molecule has 352 valence electrons. The van der Waals surface area contributed by atoms with E-state index in [1.807, 2.05) is 0 Å². The van der Waals surface area contributed by atoms with Gasteiger partial charge in [0.15, 0.2) is 11.6 Å². The second-order valence-corrected chi connectivity index (χ2v) is 16.4. The molecule has 0 amide bonds. The molecule has 5 aromatic rings. The van der Waals surface area contributed by atoms with Crippen LogP contribution in [-0.4, -0.2) is 106 Å². The van der Waals surface area contributed by atoms with Crippen LogP contribution in [0.15, 0.2) is 78.2 Å². The maximum Gasteiger partial charge on any atom is 0.433 e. The predicted molar refractivity (Wildman–Crippen MR) is 215 cm³/mol. The van der Waals surface area contributed by atoms with Gasteiger partial charge in [-0.25, -0.2) is 40.9 Å². The third-order valence-corrected chi connectivity index (χ3v) is 12.2. The van der Waals surface area contributed by atoms with Crippen molar-refractivity contribution < 1.29 is 67.0 Å². The topological polar surface area (TPSA) is 163 Å². The van der Waals surface area contributed by atoms with Gasteiger partial charge >= 0.3 is 12.4 Å². The van der Waals surface area contributed by atoms with Gasteiger partial charge in [0.25, 0.3) is 0 Å². The molecule has 2 aliphatic heterocycles. The van der Waals surface area contributed by atoms with Crippen LogP contribution in [-0.2, 0) is 44.8 Å². The molecule has 6 heterocycles. The second kappa shape index (κ2) is 20.7. The molecule has 7 rings (SSSR count). The molecule has 0 spiro atoms. The molecule has 0 bridgehead atoms. The molecule has 2 fully saturated rings. The van der Waals surface area contributed by atoms with E-state index in [4.69, 9.17) is 9.47 Å². The van der Waals surface area contributed by atoms with E-state index >= 15 is 0 Å². The highest BCUT2D eigenvalue weighted by Gasteiger charge is 2.46. The zero-order chi connectivity index (χ0) is 46.6. The fourth-order valence-electron chi connectivity index (χ4n) is 7.03. The maximum absolute atomic E-state index is 14.7. The van der Waals surface area contributed by atoms with Crippen molar-refractivity contribution in [2.75, 3.05) is 27.3 Å². The van der Waals surface area contributed by atoms with Gasteiger partial charge in [-0.05, 0) is 80.8 Å². The zero-order valence-electron chi connectivity index (χ0n) is 34.2. The number of sulfonamides is 1. The Morgan fingerprint density at radius 3 is 1.65 bits per heavy atom. The molecule has 2 saturated heterocycles. The number of aryl methyl sites for hydroxylation is 2. The lowest BCUT2D eigenvalue weighted by Crippen LogP contribution is -2.44. The van der Waals surface area contributed by atoms with Gasteiger partial charge in [0.2, 0.25) is 21.8 Å². The van der Waals surface area contributed by atoms with Crippen molar-refractivity contribution in [2.45, 2.75) is 80.2 Å². The number of benzene rings is 1. The number of hydrogen-bond donors (Lipinski definition) is 1. The molecule has 25 heteroatoms. The number of ketones is 2. The fourth-order valence-corrected chi connectivity index (χ4v) is 8.67. The van der Waals surface area contributed by atoms with E-state index in [-0.39, 0.29) is 79.2 Å². The number of hydrogen-bond acceptors (Lipinski definition) is 11. The van der Waals surface area contributed by atoms with Crippen molar-refractivity contribution in [3.63, 3.8) is 0 Å². The molecular formula is C40H40ClF9N8O6S. The average Bonchev–Trinajstić information content (AvgIpc) is 4.08. The minimum atomic E-state index is -4.60. The Kier molecular flexibility index (Phi) is 16.1. The van der Waals surface area contributed by atoms with Crippen molar-refractivity contribution >= 4 is 34.0 Å². The molecule has 1 N–H and O–H groups in total. The monoisotopic (exact) mass is 966 g/mol. The van der Waals surface area contributed by atoms with E-state index in [9.17, 15) is 57.5 Å². The van der Waals surface area contributed by atoms with E-state index in [1.54, 1.807) is 6.20 Å². The van der Waals surface area contributed by atoms with E-state index < -0.39 is 69.8 Å². The highest BCUT2D eigenvalue weighted by atomic mass is 35.5. The van der Waals surface area contributed by atoms with Crippen LogP contribution in [0.2, 0.25) is 0 Å². The molecule has 0 unspecified atom stereocenters. The number of carbonyl (C=O) groups is 2. The van der Waals surface area contributed by atoms with Gasteiger partial charge in [0, 0.05) is 42.9 Å². The summed E-state index contributed by atoms with van der Waals surface area (Å²) in [7, 11) is -1.53. The molecular weight excluding hydrogens is 927 g/mol. The molecule has 0 aliphatic carbocycles. The van der Waals surface area contributed by atoms with Crippen LogP contribution < -0.4 is 14.8 Å². The smallest absolute Gasteiger partial charge is 0.433 e. The first-order valence-corrected chi connectivity index (χ1v) is 20.8. The Morgan fingerprint density at radius 2 is 1.23 bits per heavy atom. The number of alkyl halides is 8. The van der Waals surface area contributed by atoms with Crippen LogP contribution in [0.5, 0.6) is 11.8 Å². The summed E-state index contributed by atoms with van der Waals surface area (Å²) in [4.78, 5) is 31.7. The van der Waals surface area contributed by atoms with Gasteiger partial charge in [-0.15, -0.1) is 22.6 Å². The highest BCUT2D eigenvalue weighted by molar-refractivity contribution is 7.89. The lowest BCUT2D eigenvalue weighted by molar-refractivity contribution is -0.141. The number of halogens is 10. The van der Waals surface area contributed by atoms with Crippen LogP contribution in [0.3, 0.4) is 0 Å². The number of rotatable bonds is 14. The Hall–Kier alpha value is -5.59. The first-order chi connectivity index (χ1) is 30.2. The maximum atomic E-state index is 14.7. The van der Waals surface area contributed by atoms with Crippen LogP contribution in [0, 0.1) is 5.82 Å². The fraction of sp³-hybridized carbons (Fsp3) is 0.400. The first kappa shape index (κ1) is 50.4. The van der Waals surface area contributed by atoms with Crippen LogP contribution in [0.1, 0.15) is 48.2 Å². The SMILES string of the molecule is COc1nn(-c2ccc(C(F)(F)F)nc2)cc1CCC(=O)[C@@H]1[C@@H](F)CCN1S(=O)(=O)c1ccc(F)cc1.COc1nn(-c2ccc(C(F)(F)F)nc2)cc1CCC(=O)[C@H]1NCC[C@@H]1F.Cl. The van der Waals surface area contributed by atoms with Gasteiger partial charge in [-0.2, -0.15) is 30.6 Å². The van der Waals surface area contributed by atoms with Gasteiger partial charge in [-0.1, -0.05) is 0 Å². The number of pyridine rings is 2. The van der Waals surface area contributed by atoms with Crippen molar-refractivity contribution in [2.24, 2.45) is 0 Å². The summed E-state index contributed by atoms with van der Waals surface area (Å²) < 4.78 is 157. The number of nitrogens with one attached hydrogen (secondary N) is 1. The number of Topliss-reactive ketones (excluding diaryl/α,β-unsaturated/α-hetero) is 2. The third-order valence-electron chi connectivity index (χ3n) is 10.3. The number of ether oxygens (including phenoxy) is 2. The second-order valence-electron chi connectivity index (χ2n) is 14.5. The van der Waals surface area contributed by atoms with Gasteiger partial charge < -0.3 is 14.8 Å². The molecule has 0 saturated carbocycles. The number of methoxy groups -OCH3 is 2. The van der Waals surface area contributed by atoms with Gasteiger partial charge in [0.05, 0.1) is 48.9 Å². The molecule has 0 radical (unpaired) electrons.